The van der Waals surface area contributed by atoms with E-state index < -0.39 is 23.8 Å². The lowest BCUT2D eigenvalue weighted by molar-refractivity contribution is -0.123. The molecule has 0 bridgehead atoms. The van der Waals surface area contributed by atoms with Gasteiger partial charge in [0.05, 0.1) is 5.56 Å². The quantitative estimate of drug-likeness (QED) is 0.831. The maximum absolute atomic E-state index is 13.5. The van der Waals surface area contributed by atoms with Crippen molar-refractivity contribution in [2.75, 3.05) is 5.32 Å². The molecule has 0 saturated heterocycles. The normalized spacial score (nSPS) is 11.7. The zero-order valence-corrected chi connectivity index (χ0v) is 13.5. The van der Waals surface area contributed by atoms with Crippen molar-refractivity contribution in [3.63, 3.8) is 0 Å². The molecule has 0 aliphatic carbocycles. The molecule has 0 aliphatic heterocycles. The molecule has 2 aromatic rings. The Kier molecular flexibility index (Phi) is 5.58. The molecular formula is C16H12Cl2FNO3. The zero-order valence-electron chi connectivity index (χ0n) is 12.0. The number of anilines is 1. The van der Waals surface area contributed by atoms with Gasteiger partial charge in [-0.3, -0.25) is 4.79 Å². The Morgan fingerprint density at radius 2 is 1.74 bits per heavy atom. The molecule has 0 aliphatic rings. The molecule has 0 radical (unpaired) electrons. The minimum atomic E-state index is -1.13. The molecule has 2 rings (SSSR count). The minimum absolute atomic E-state index is 0.238. The van der Waals surface area contributed by atoms with E-state index in [1.54, 1.807) is 0 Å². The Morgan fingerprint density at radius 3 is 2.35 bits per heavy atom. The van der Waals surface area contributed by atoms with Crippen LogP contribution in [0.25, 0.3) is 0 Å². The Hall–Kier alpha value is -2.11. The number of halogens is 3. The van der Waals surface area contributed by atoms with Crippen LogP contribution in [0.5, 0.6) is 0 Å². The minimum Gasteiger partial charge on any atom is -0.449 e. The van der Waals surface area contributed by atoms with Crippen molar-refractivity contribution in [3.05, 3.63) is 63.9 Å². The van der Waals surface area contributed by atoms with E-state index in [1.165, 1.54) is 43.3 Å². The third kappa shape index (κ3) is 4.68. The number of hydrogen-bond donors (Lipinski definition) is 1. The lowest BCUT2D eigenvalue weighted by atomic mass is 10.2. The van der Waals surface area contributed by atoms with Gasteiger partial charge < -0.3 is 10.1 Å². The van der Waals surface area contributed by atoms with E-state index >= 15 is 0 Å². The summed E-state index contributed by atoms with van der Waals surface area (Å²) in [5.41, 5.74) is 0.124. The topological polar surface area (TPSA) is 55.4 Å². The first-order valence-corrected chi connectivity index (χ1v) is 7.35. The van der Waals surface area contributed by atoms with Gasteiger partial charge in [0.2, 0.25) is 0 Å². The van der Waals surface area contributed by atoms with Crippen molar-refractivity contribution in [2.24, 2.45) is 0 Å². The predicted octanol–water partition coefficient (Wildman–Crippen LogP) is 4.32. The number of rotatable bonds is 4. The Labute approximate surface area is 142 Å². The number of carbonyl (C=O) groups excluding carboxylic acids is 2. The van der Waals surface area contributed by atoms with E-state index in [0.717, 1.165) is 6.07 Å². The van der Waals surface area contributed by atoms with Crippen LogP contribution in [0.3, 0.4) is 0 Å². The van der Waals surface area contributed by atoms with Crippen LogP contribution in [-0.4, -0.2) is 18.0 Å². The maximum atomic E-state index is 13.5. The van der Waals surface area contributed by atoms with E-state index in [4.69, 9.17) is 27.9 Å². The molecule has 1 N–H and O–H groups in total. The number of ether oxygens (including phenoxy) is 1. The van der Waals surface area contributed by atoms with Crippen LogP contribution in [0.4, 0.5) is 10.1 Å². The summed E-state index contributed by atoms with van der Waals surface area (Å²) in [4.78, 5) is 23.9. The molecule has 120 valence electrons. The van der Waals surface area contributed by atoms with E-state index in [9.17, 15) is 14.0 Å². The van der Waals surface area contributed by atoms with Crippen LogP contribution in [0.1, 0.15) is 17.3 Å². The number of amides is 1. The van der Waals surface area contributed by atoms with Crippen LogP contribution < -0.4 is 5.32 Å². The van der Waals surface area contributed by atoms with Gasteiger partial charge in [0.1, 0.15) is 5.82 Å². The largest absolute Gasteiger partial charge is 0.449 e. The third-order valence-electron chi connectivity index (χ3n) is 2.88. The highest BCUT2D eigenvalue weighted by molar-refractivity contribution is 6.35. The van der Waals surface area contributed by atoms with Crippen molar-refractivity contribution in [1.29, 1.82) is 0 Å². The second-order valence-corrected chi connectivity index (χ2v) is 5.55. The van der Waals surface area contributed by atoms with E-state index in [-0.39, 0.29) is 5.56 Å². The van der Waals surface area contributed by atoms with Crippen molar-refractivity contribution in [1.82, 2.24) is 0 Å². The lowest BCUT2D eigenvalue weighted by Gasteiger charge is -2.14. The molecule has 0 fully saturated rings. The van der Waals surface area contributed by atoms with Gasteiger partial charge >= 0.3 is 5.97 Å². The van der Waals surface area contributed by atoms with Gasteiger partial charge in [-0.1, -0.05) is 35.3 Å². The van der Waals surface area contributed by atoms with Crippen LogP contribution in [0.15, 0.2) is 42.5 Å². The van der Waals surface area contributed by atoms with Gasteiger partial charge in [0, 0.05) is 15.7 Å². The molecule has 1 amide bonds. The number of esters is 1. The number of carbonyl (C=O) groups is 2. The standard InChI is InChI=1S/C16H12Cl2FNO3/c1-9(23-16(22)13-4-2-3-5-14(13)19)15(21)20-12-7-10(17)6-11(18)8-12/h2-9H,1H3,(H,20,21)/t9-/m1/s1. The van der Waals surface area contributed by atoms with Crippen molar-refractivity contribution in [3.8, 4) is 0 Å². The van der Waals surface area contributed by atoms with E-state index in [2.05, 4.69) is 5.32 Å². The fourth-order valence-electron chi connectivity index (χ4n) is 1.77. The lowest BCUT2D eigenvalue weighted by Crippen LogP contribution is -2.30. The van der Waals surface area contributed by atoms with Crippen LogP contribution in [0, 0.1) is 5.82 Å². The highest BCUT2D eigenvalue weighted by Gasteiger charge is 2.21. The molecule has 0 saturated carbocycles. The molecule has 4 nitrogen and oxygen atoms in total. The smallest absolute Gasteiger partial charge is 0.341 e. The highest BCUT2D eigenvalue weighted by Crippen LogP contribution is 2.22. The summed E-state index contributed by atoms with van der Waals surface area (Å²) < 4.78 is 18.5. The summed E-state index contributed by atoms with van der Waals surface area (Å²) in [5, 5.41) is 3.22. The average Bonchev–Trinajstić information content (AvgIpc) is 2.46. The second-order valence-electron chi connectivity index (χ2n) is 4.67. The number of hydrogen-bond acceptors (Lipinski definition) is 3. The summed E-state index contributed by atoms with van der Waals surface area (Å²) in [7, 11) is 0. The van der Waals surface area contributed by atoms with E-state index in [0.29, 0.717) is 15.7 Å². The monoisotopic (exact) mass is 355 g/mol. The molecule has 0 heterocycles. The average molecular weight is 356 g/mol. The molecule has 0 unspecified atom stereocenters. The van der Waals surface area contributed by atoms with Gasteiger partial charge in [-0.15, -0.1) is 0 Å². The second kappa shape index (κ2) is 7.44. The first kappa shape index (κ1) is 17.2. The maximum Gasteiger partial charge on any atom is 0.341 e. The molecular weight excluding hydrogens is 344 g/mol. The molecule has 1 atom stereocenters. The van der Waals surface area contributed by atoms with Crippen LogP contribution >= 0.6 is 23.2 Å². The van der Waals surface area contributed by atoms with Crippen molar-refractivity contribution in [2.45, 2.75) is 13.0 Å². The summed E-state index contributed by atoms with van der Waals surface area (Å²) >= 11 is 11.7. The molecule has 23 heavy (non-hydrogen) atoms. The number of benzene rings is 2. The molecule has 2 aromatic carbocycles. The highest BCUT2D eigenvalue weighted by atomic mass is 35.5. The molecule has 7 heteroatoms. The van der Waals surface area contributed by atoms with E-state index in [1.807, 2.05) is 0 Å². The molecule has 0 spiro atoms. The number of nitrogens with one attached hydrogen (secondary N) is 1. The zero-order chi connectivity index (χ0) is 17.0. The summed E-state index contributed by atoms with van der Waals surface area (Å²) in [5.74, 6) is -2.23. The Morgan fingerprint density at radius 1 is 1.13 bits per heavy atom. The molecule has 0 aromatic heterocycles. The Balaban J connectivity index is 2.02. The van der Waals surface area contributed by atoms with Crippen molar-refractivity contribution >= 4 is 40.8 Å². The van der Waals surface area contributed by atoms with Gasteiger partial charge in [-0.25, -0.2) is 9.18 Å². The van der Waals surface area contributed by atoms with Crippen molar-refractivity contribution < 1.29 is 18.7 Å². The summed E-state index contributed by atoms with van der Waals surface area (Å²) in [6.07, 6.45) is -1.13. The first-order chi connectivity index (χ1) is 10.9. The van der Waals surface area contributed by atoms with Gasteiger partial charge in [-0.2, -0.15) is 0 Å². The summed E-state index contributed by atoms with van der Waals surface area (Å²) in [6.45, 7) is 1.38. The van der Waals surface area contributed by atoms with Gasteiger partial charge in [0.15, 0.2) is 6.10 Å². The summed E-state index contributed by atoms with van der Waals surface area (Å²) in [6, 6.07) is 9.87. The SMILES string of the molecule is C[C@@H](OC(=O)c1ccccc1F)C(=O)Nc1cc(Cl)cc(Cl)c1. The fourth-order valence-corrected chi connectivity index (χ4v) is 2.30. The van der Waals surface area contributed by atoms with Crippen LogP contribution in [-0.2, 0) is 9.53 Å². The predicted molar refractivity (Wildman–Crippen MR) is 86.4 cm³/mol. The van der Waals surface area contributed by atoms with Gasteiger partial charge in [-0.05, 0) is 37.3 Å². The first-order valence-electron chi connectivity index (χ1n) is 6.59. The van der Waals surface area contributed by atoms with Crippen LogP contribution in [0.2, 0.25) is 10.0 Å². The Bertz CT molecular complexity index is 732. The third-order valence-corrected chi connectivity index (χ3v) is 3.31. The van der Waals surface area contributed by atoms with Gasteiger partial charge in [0.25, 0.3) is 5.91 Å². The fraction of sp³-hybridized carbons (Fsp3) is 0.125.